The van der Waals surface area contributed by atoms with Crippen molar-refractivity contribution >= 4 is 27.7 Å². The number of benzene rings is 1. The summed E-state index contributed by atoms with van der Waals surface area (Å²) in [5.74, 6) is 0. The Hall–Kier alpha value is -1.61. The molecule has 24 heavy (non-hydrogen) atoms. The van der Waals surface area contributed by atoms with Crippen LogP contribution < -0.4 is 0 Å². The van der Waals surface area contributed by atoms with Crippen molar-refractivity contribution in [1.29, 1.82) is 0 Å². The number of nitrogens with zero attached hydrogens (tertiary/aromatic N) is 2. The lowest BCUT2D eigenvalue weighted by Gasteiger charge is -2.33. The van der Waals surface area contributed by atoms with Gasteiger partial charge in [0.05, 0.1) is 12.1 Å². The molecule has 1 atom stereocenters. The standard InChI is InChI=1S/C15H16BrF3N2O3/c1-13(2,3)24-12(22)21-14(23,15(17,18)19)8-11(20-21)9-4-6-10(16)7-5-9/h4-7,23H,8H2,1-3H3/t14-/m0/s1. The number of hydrogen-bond acceptors (Lipinski definition) is 4. The van der Waals surface area contributed by atoms with Crippen LogP contribution in [0.1, 0.15) is 32.8 Å². The van der Waals surface area contributed by atoms with Crippen LogP contribution >= 0.6 is 15.9 Å². The van der Waals surface area contributed by atoms with E-state index in [4.69, 9.17) is 4.74 Å². The second-order valence-corrected chi connectivity index (χ2v) is 7.25. The number of hydrogen-bond donors (Lipinski definition) is 1. The van der Waals surface area contributed by atoms with E-state index in [1.54, 1.807) is 12.1 Å². The van der Waals surface area contributed by atoms with Crippen molar-refractivity contribution in [3.05, 3.63) is 34.3 Å². The minimum atomic E-state index is -5.09. The van der Waals surface area contributed by atoms with Gasteiger partial charge in [-0.25, -0.2) is 4.79 Å². The summed E-state index contributed by atoms with van der Waals surface area (Å²) in [6.45, 7) is 4.52. The number of hydrazone groups is 1. The van der Waals surface area contributed by atoms with Crippen molar-refractivity contribution in [1.82, 2.24) is 5.01 Å². The molecule has 1 aliphatic rings. The van der Waals surface area contributed by atoms with Gasteiger partial charge in [-0.3, -0.25) is 0 Å². The zero-order chi connectivity index (χ0) is 18.3. The van der Waals surface area contributed by atoms with E-state index in [-0.39, 0.29) is 10.7 Å². The topological polar surface area (TPSA) is 62.1 Å². The van der Waals surface area contributed by atoms with Crippen LogP contribution in [0.2, 0.25) is 0 Å². The van der Waals surface area contributed by atoms with Crippen molar-refractivity contribution in [2.24, 2.45) is 5.10 Å². The molecule has 0 saturated carbocycles. The fourth-order valence-electron chi connectivity index (χ4n) is 2.07. The third-order valence-electron chi connectivity index (χ3n) is 3.18. The first-order valence-electron chi connectivity index (χ1n) is 6.99. The van der Waals surface area contributed by atoms with E-state index in [0.29, 0.717) is 5.56 Å². The Balaban J connectivity index is 2.41. The molecule has 9 heteroatoms. The third-order valence-corrected chi connectivity index (χ3v) is 3.71. The molecule has 0 radical (unpaired) electrons. The smallest absolute Gasteiger partial charge is 0.439 e. The average molecular weight is 409 g/mol. The summed E-state index contributed by atoms with van der Waals surface area (Å²) in [5.41, 5.74) is -4.17. The van der Waals surface area contributed by atoms with Crippen molar-refractivity contribution in [3.63, 3.8) is 0 Å². The van der Waals surface area contributed by atoms with Gasteiger partial charge in [0, 0.05) is 4.47 Å². The maximum Gasteiger partial charge on any atom is 0.439 e. The van der Waals surface area contributed by atoms with E-state index in [9.17, 15) is 23.1 Å². The lowest BCUT2D eigenvalue weighted by molar-refractivity contribution is -0.300. The lowest BCUT2D eigenvalue weighted by Crippen LogP contribution is -2.57. The zero-order valence-corrected chi connectivity index (χ0v) is 14.8. The molecule has 132 valence electrons. The van der Waals surface area contributed by atoms with Gasteiger partial charge < -0.3 is 9.84 Å². The van der Waals surface area contributed by atoms with Gasteiger partial charge in [-0.1, -0.05) is 28.1 Å². The number of carbonyl (C=O) groups is 1. The summed E-state index contributed by atoms with van der Waals surface area (Å²) >= 11 is 3.22. The molecule has 1 amide bonds. The molecule has 5 nitrogen and oxygen atoms in total. The summed E-state index contributed by atoms with van der Waals surface area (Å²) in [4.78, 5) is 12.1. The number of rotatable bonds is 1. The predicted octanol–water partition coefficient (Wildman–Crippen LogP) is 4.04. The maximum atomic E-state index is 13.4. The van der Waals surface area contributed by atoms with Crippen LogP contribution in [-0.4, -0.2) is 39.4 Å². The highest BCUT2D eigenvalue weighted by atomic mass is 79.9. The SMILES string of the molecule is CC(C)(C)OC(=O)N1N=C(c2ccc(Br)cc2)C[C@]1(O)C(F)(F)F. The lowest BCUT2D eigenvalue weighted by atomic mass is 10.0. The molecule has 0 spiro atoms. The monoisotopic (exact) mass is 408 g/mol. The van der Waals surface area contributed by atoms with Gasteiger partial charge in [0.25, 0.3) is 5.72 Å². The highest BCUT2D eigenvalue weighted by Gasteiger charge is 2.64. The fourth-order valence-corrected chi connectivity index (χ4v) is 2.33. The first kappa shape index (κ1) is 18.7. The Bertz CT molecular complexity index is 668. The minimum Gasteiger partial charge on any atom is -0.442 e. The van der Waals surface area contributed by atoms with Crippen molar-refractivity contribution in [3.8, 4) is 0 Å². The second-order valence-electron chi connectivity index (χ2n) is 6.34. The van der Waals surface area contributed by atoms with Crippen LogP contribution in [-0.2, 0) is 4.74 Å². The highest BCUT2D eigenvalue weighted by Crippen LogP contribution is 2.42. The molecule has 2 rings (SSSR count). The fraction of sp³-hybridized carbons (Fsp3) is 0.467. The first-order valence-corrected chi connectivity index (χ1v) is 7.78. The summed E-state index contributed by atoms with van der Waals surface area (Å²) in [5, 5.41) is 13.8. The Morgan fingerprint density at radius 3 is 2.29 bits per heavy atom. The van der Waals surface area contributed by atoms with Crippen molar-refractivity contribution in [2.75, 3.05) is 0 Å². The Kier molecular flexibility index (Phi) is 4.71. The molecule has 0 fully saturated rings. The number of halogens is 4. The molecule has 1 N–H and O–H groups in total. The van der Waals surface area contributed by atoms with Crippen LogP contribution in [0.5, 0.6) is 0 Å². The number of alkyl halides is 3. The van der Waals surface area contributed by atoms with E-state index in [1.807, 2.05) is 0 Å². The van der Waals surface area contributed by atoms with Gasteiger partial charge in [0.2, 0.25) is 0 Å². The van der Waals surface area contributed by atoms with Gasteiger partial charge in [0.15, 0.2) is 0 Å². The van der Waals surface area contributed by atoms with Gasteiger partial charge in [-0.05, 0) is 38.5 Å². The van der Waals surface area contributed by atoms with Crippen molar-refractivity contribution < 1.29 is 27.8 Å². The molecule has 0 aromatic heterocycles. The van der Waals surface area contributed by atoms with Crippen LogP contribution in [0.25, 0.3) is 0 Å². The quantitative estimate of drug-likeness (QED) is 0.762. The molecular formula is C15H16BrF3N2O3. The largest absolute Gasteiger partial charge is 0.442 e. The first-order chi connectivity index (χ1) is 10.8. The molecule has 0 bridgehead atoms. The van der Waals surface area contributed by atoms with E-state index in [1.165, 1.54) is 32.9 Å². The molecular weight excluding hydrogens is 393 g/mol. The van der Waals surface area contributed by atoms with E-state index in [0.717, 1.165) is 4.47 Å². The average Bonchev–Trinajstić information content (AvgIpc) is 2.76. The van der Waals surface area contributed by atoms with Gasteiger partial charge in [-0.2, -0.15) is 23.3 Å². The third kappa shape index (κ3) is 3.72. The van der Waals surface area contributed by atoms with E-state index < -0.39 is 30.0 Å². The normalized spacial score (nSPS) is 21.7. The van der Waals surface area contributed by atoms with Crippen molar-refractivity contribution in [2.45, 2.75) is 44.7 Å². The molecule has 1 aliphatic heterocycles. The zero-order valence-electron chi connectivity index (χ0n) is 13.2. The molecule has 0 unspecified atom stereocenters. The molecule has 1 heterocycles. The van der Waals surface area contributed by atoms with Crippen LogP contribution in [0.3, 0.4) is 0 Å². The highest BCUT2D eigenvalue weighted by molar-refractivity contribution is 9.10. The minimum absolute atomic E-state index is 0.0321. The molecule has 1 aromatic carbocycles. The Morgan fingerprint density at radius 1 is 1.29 bits per heavy atom. The molecule has 0 saturated heterocycles. The summed E-state index contributed by atoms with van der Waals surface area (Å²) in [6, 6.07) is 6.33. The molecule has 1 aromatic rings. The van der Waals surface area contributed by atoms with Gasteiger partial charge >= 0.3 is 12.3 Å². The Labute approximate surface area is 145 Å². The number of carbonyl (C=O) groups excluding carboxylic acids is 1. The Morgan fingerprint density at radius 2 is 1.83 bits per heavy atom. The van der Waals surface area contributed by atoms with E-state index in [2.05, 4.69) is 21.0 Å². The molecule has 0 aliphatic carbocycles. The van der Waals surface area contributed by atoms with E-state index >= 15 is 0 Å². The van der Waals surface area contributed by atoms with Gasteiger partial charge in [0.1, 0.15) is 5.60 Å². The number of amides is 1. The summed E-state index contributed by atoms with van der Waals surface area (Å²) in [6.07, 6.45) is -7.34. The second kappa shape index (κ2) is 6.03. The summed E-state index contributed by atoms with van der Waals surface area (Å²) < 4.78 is 45.7. The van der Waals surface area contributed by atoms with Crippen LogP contribution in [0.15, 0.2) is 33.8 Å². The van der Waals surface area contributed by atoms with Crippen LogP contribution in [0, 0.1) is 0 Å². The van der Waals surface area contributed by atoms with Crippen LogP contribution in [0.4, 0.5) is 18.0 Å². The predicted molar refractivity (Wildman–Crippen MR) is 84.4 cm³/mol. The number of aliphatic hydroxyl groups is 1. The summed E-state index contributed by atoms with van der Waals surface area (Å²) in [7, 11) is 0. The number of ether oxygens (including phenoxy) is 1. The van der Waals surface area contributed by atoms with Gasteiger partial charge in [-0.15, -0.1) is 0 Å². The maximum absolute atomic E-state index is 13.4.